The molecule has 0 aromatic carbocycles. The SMILES string of the molecule is COCCOC1CCN(C(=O)[C@@H]2C[C@@H]2C(=O)O)CC1. The van der Waals surface area contributed by atoms with Crippen LogP contribution in [0.15, 0.2) is 0 Å². The molecule has 108 valence electrons. The summed E-state index contributed by atoms with van der Waals surface area (Å²) in [5, 5.41) is 8.83. The zero-order valence-corrected chi connectivity index (χ0v) is 11.2. The van der Waals surface area contributed by atoms with E-state index < -0.39 is 11.9 Å². The van der Waals surface area contributed by atoms with Crippen molar-refractivity contribution in [2.45, 2.75) is 25.4 Å². The van der Waals surface area contributed by atoms with Crippen LogP contribution in [0.25, 0.3) is 0 Å². The lowest BCUT2D eigenvalue weighted by molar-refractivity contribution is -0.142. The summed E-state index contributed by atoms with van der Waals surface area (Å²) in [4.78, 5) is 24.6. The molecule has 1 aliphatic heterocycles. The third kappa shape index (κ3) is 3.67. The van der Waals surface area contributed by atoms with Gasteiger partial charge in [0.1, 0.15) is 0 Å². The first kappa shape index (κ1) is 14.3. The van der Waals surface area contributed by atoms with Gasteiger partial charge in [-0.2, -0.15) is 0 Å². The Hall–Kier alpha value is -1.14. The molecule has 1 saturated heterocycles. The van der Waals surface area contributed by atoms with Crippen LogP contribution in [0.1, 0.15) is 19.3 Å². The first-order chi connectivity index (χ1) is 9.13. The number of amides is 1. The second kappa shape index (κ2) is 6.34. The highest BCUT2D eigenvalue weighted by Crippen LogP contribution is 2.40. The highest BCUT2D eigenvalue weighted by molar-refractivity contribution is 5.89. The lowest BCUT2D eigenvalue weighted by Crippen LogP contribution is -2.42. The highest BCUT2D eigenvalue weighted by atomic mass is 16.5. The van der Waals surface area contributed by atoms with Gasteiger partial charge in [0.25, 0.3) is 0 Å². The van der Waals surface area contributed by atoms with Crippen molar-refractivity contribution in [3.05, 3.63) is 0 Å². The van der Waals surface area contributed by atoms with Gasteiger partial charge in [-0.05, 0) is 19.3 Å². The fourth-order valence-corrected chi connectivity index (χ4v) is 2.52. The molecular formula is C13H21NO5. The Balaban J connectivity index is 1.69. The number of hydrogen-bond donors (Lipinski definition) is 1. The largest absolute Gasteiger partial charge is 0.481 e. The molecule has 1 saturated carbocycles. The first-order valence-electron chi connectivity index (χ1n) is 6.75. The van der Waals surface area contributed by atoms with Crippen LogP contribution in [0.3, 0.4) is 0 Å². The maximum Gasteiger partial charge on any atom is 0.307 e. The quantitative estimate of drug-likeness (QED) is 0.706. The number of carbonyl (C=O) groups is 2. The van der Waals surface area contributed by atoms with Crippen molar-refractivity contribution < 1.29 is 24.2 Å². The van der Waals surface area contributed by atoms with E-state index in [1.165, 1.54) is 0 Å². The number of rotatable bonds is 6. The molecule has 2 fully saturated rings. The van der Waals surface area contributed by atoms with Gasteiger partial charge >= 0.3 is 5.97 Å². The van der Waals surface area contributed by atoms with Gasteiger partial charge in [-0.3, -0.25) is 9.59 Å². The molecule has 0 aromatic heterocycles. The number of carboxylic acid groups (broad SMARTS) is 1. The summed E-state index contributed by atoms with van der Waals surface area (Å²) in [5.41, 5.74) is 0. The molecule has 1 N–H and O–H groups in total. The topological polar surface area (TPSA) is 76.1 Å². The number of ether oxygens (including phenoxy) is 2. The Labute approximate surface area is 112 Å². The van der Waals surface area contributed by atoms with Crippen molar-refractivity contribution in [1.82, 2.24) is 4.90 Å². The Morgan fingerprint density at radius 2 is 1.89 bits per heavy atom. The Morgan fingerprint density at radius 3 is 2.42 bits per heavy atom. The number of aliphatic carboxylic acids is 1. The Kier molecular flexibility index (Phi) is 4.76. The van der Waals surface area contributed by atoms with Crippen LogP contribution in [-0.2, 0) is 19.1 Å². The molecule has 1 aliphatic carbocycles. The number of hydrogen-bond acceptors (Lipinski definition) is 4. The van der Waals surface area contributed by atoms with Crippen molar-refractivity contribution in [2.24, 2.45) is 11.8 Å². The average molecular weight is 271 g/mol. The summed E-state index contributed by atoms with van der Waals surface area (Å²) in [6.45, 7) is 2.50. The molecule has 2 rings (SSSR count). The summed E-state index contributed by atoms with van der Waals surface area (Å²) in [6, 6.07) is 0. The van der Waals surface area contributed by atoms with Gasteiger partial charge in [0.2, 0.25) is 5.91 Å². The predicted molar refractivity (Wildman–Crippen MR) is 66.7 cm³/mol. The molecule has 0 bridgehead atoms. The van der Waals surface area contributed by atoms with Crippen molar-refractivity contribution in [3.63, 3.8) is 0 Å². The minimum absolute atomic E-state index is 0.00254. The summed E-state index contributed by atoms with van der Waals surface area (Å²) >= 11 is 0. The summed E-state index contributed by atoms with van der Waals surface area (Å²) in [6.07, 6.45) is 2.33. The van der Waals surface area contributed by atoms with E-state index in [1.807, 2.05) is 0 Å². The average Bonchev–Trinajstić information content (AvgIpc) is 3.19. The van der Waals surface area contributed by atoms with Crippen LogP contribution in [-0.4, -0.2) is 61.4 Å². The molecule has 0 radical (unpaired) electrons. The third-order valence-electron chi connectivity index (χ3n) is 3.82. The monoisotopic (exact) mass is 271 g/mol. The molecule has 2 aliphatic rings. The fraction of sp³-hybridized carbons (Fsp3) is 0.846. The number of piperidine rings is 1. The normalized spacial score (nSPS) is 27.3. The van der Waals surface area contributed by atoms with Crippen LogP contribution in [0.5, 0.6) is 0 Å². The minimum Gasteiger partial charge on any atom is -0.481 e. The maximum atomic E-state index is 12.0. The predicted octanol–water partition coefficient (Wildman–Crippen LogP) is 0.361. The van der Waals surface area contributed by atoms with E-state index in [-0.39, 0.29) is 17.9 Å². The zero-order valence-electron chi connectivity index (χ0n) is 11.2. The van der Waals surface area contributed by atoms with Crippen LogP contribution < -0.4 is 0 Å². The smallest absolute Gasteiger partial charge is 0.307 e. The standard InChI is InChI=1S/C13H21NO5/c1-18-6-7-19-9-2-4-14(5-3-9)12(15)10-8-11(10)13(16)17/h9-11H,2-8H2,1H3,(H,16,17)/t10-,11+/m1/s1. The van der Waals surface area contributed by atoms with Gasteiger partial charge in [0.05, 0.1) is 31.2 Å². The number of carboxylic acids is 1. The van der Waals surface area contributed by atoms with E-state index in [9.17, 15) is 9.59 Å². The van der Waals surface area contributed by atoms with Crippen molar-refractivity contribution >= 4 is 11.9 Å². The first-order valence-corrected chi connectivity index (χ1v) is 6.75. The number of nitrogens with zero attached hydrogens (tertiary/aromatic N) is 1. The van der Waals surface area contributed by atoms with Gasteiger partial charge in [-0.15, -0.1) is 0 Å². The van der Waals surface area contributed by atoms with Gasteiger partial charge in [-0.1, -0.05) is 0 Å². The lowest BCUT2D eigenvalue weighted by atomic mass is 10.1. The number of likely N-dealkylation sites (tertiary alicyclic amines) is 1. The molecule has 1 heterocycles. The van der Waals surface area contributed by atoms with E-state index in [2.05, 4.69) is 0 Å². The Bertz CT molecular complexity index is 338. The van der Waals surface area contributed by atoms with Crippen LogP contribution in [0.4, 0.5) is 0 Å². The zero-order chi connectivity index (χ0) is 13.8. The van der Waals surface area contributed by atoms with E-state index in [0.29, 0.717) is 32.7 Å². The van der Waals surface area contributed by atoms with Crippen LogP contribution in [0.2, 0.25) is 0 Å². The highest BCUT2D eigenvalue weighted by Gasteiger charge is 2.50. The van der Waals surface area contributed by atoms with Crippen molar-refractivity contribution in [2.75, 3.05) is 33.4 Å². The molecule has 19 heavy (non-hydrogen) atoms. The number of carbonyl (C=O) groups excluding carboxylic acids is 1. The molecule has 6 nitrogen and oxygen atoms in total. The lowest BCUT2D eigenvalue weighted by Gasteiger charge is -2.32. The van der Waals surface area contributed by atoms with E-state index in [0.717, 1.165) is 12.8 Å². The Morgan fingerprint density at radius 1 is 1.21 bits per heavy atom. The maximum absolute atomic E-state index is 12.0. The van der Waals surface area contributed by atoms with Crippen molar-refractivity contribution in [1.29, 1.82) is 0 Å². The van der Waals surface area contributed by atoms with E-state index in [1.54, 1.807) is 12.0 Å². The molecule has 1 amide bonds. The van der Waals surface area contributed by atoms with Gasteiger partial charge in [0.15, 0.2) is 0 Å². The van der Waals surface area contributed by atoms with Gasteiger partial charge in [0, 0.05) is 20.2 Å². The minimum atomic E-state index is -0.851. The summed E-state index contributed by atoms with van der Waals surface area (Å²) < 4.78 is 10.6. The third-order valence-corrected chi connectivity index (χ3v) is 3.82. The van der Waals surface area contributed by atoms with Gasteiger partial charge in [-0.25, -0.2) is 0 Å². The second-order valence-electron chi connectivity index (χ2n) is 5.18. The van der Waals surface area contributed by atoms with Crippen molar-refractivity contribution in [3.8, 4) is 0 Å². The van der Waals surface area contributed by atoms with Crippen LogP contribution in [0, 0.1) is 11.8 Å². The van der Waals surface area contributed by atoms with Gasteiger partial charge < -0.3 is 19.5 Å². The molecule has 0 spiro atoms. The van der Waals surface area contributed by atoms with E-state index >= 15 is 0 Å². The molecule has 2 atom stereocenters. The molecular weight excluding hydrogens is 250 g/mol. The van der Waals surface area contributed by atoms with Crippen LogP contribution >= 0.6 is 0 Å². The van der Waals surface area contributed by atoms with E-state index in [4.69, 9.17) is 14.6 Å². The molecule has 0 aromatic rings. The molecule has 0 unspecified atom stereocenters. The number of methoxy groups -OCH3 is 1. The summed E-state index contributed by atoms with van der Waals surface area (Å²) in [5.74, 6) is -1.59. The molecule has 6 heteroatoms. The summed E-state index contributed by atoms with van der Waals surface area (Å²) in [7, 11) is 1.64. The fourth-order valence-electron chi connectivity index (χ4n) is 2.52. The second-order valence-corrected chi connectivity index (χ2v) is 5.18.